The molecule has 7 nitrogen and oxygen atoms in total. The standard InChI is InChI=1S/C29H27N5O2/c1-19-25-14-21(6-7-27(25)33-32-19)26-15-24(16-31-29(26)22-9-12-35-18-22)36-13-10-23(30)17-34-11-8-20-4-2-3-5-28(20)34/h2-9,11-12,14-16,18,23H,10,13,17,30H2,1H3,(H,32,33)/t23-/m0/s1. The van der Waals surface area contributed by atoms with Gasteiger partial charge in [0.15, 0.2) is 0 Å². The van der Waals surface area contributed by atoms with Crippen molar-refractivity contribution in [3.8, 4) is 28.1 Å². The molecule has 0 fully saturated rings. The van der Waals surface area contributed by atoms with Gasteiger partial charge in [-0.1, -0.05) is 24.3 Å². The van der Waals surface area contributed by atoms with Crippen LogP contribution in [0, 0.1) is 6.92 Å². The maximum atomic E-state index is 6.45. The lowest BCUT2D eigenvalue weighted by atomic mass is 9.99. The summed E-state index contributed by atoms with van der Waals surface area (Å²) in [5.41, 5.74) is 13.4. The summed E-state index contributed by atoms with van der Waals surface area (Å²) in [5, 5.41) is 9.71. The van der Waals surface area contributed by atoms with Crippen LogP contribution in [0.4, 0.5) is 0 Å². The van der Waals surface area contributed by atoms with Crippen molar-refractivity contribution < 1.29 is 9.15 Å². The van der Waals surface area contributed by atoms with Crippen LogP contribution in [0.25, 0.3) is 44.2 Å². The smallest absolute Gasteiger partial charge is 0.138 e. The Morgan fingerprint density at radius 3 is 2.89 bits per heavy atom. The minimum atomic E-state index is -0.0232. The molecule has 0 aliphatic rings. The number of hydrogen-bond donors (Lipinski definition) is 2. The van der Waals surface area contributed by atoms with E-state index >= 15 is 0 Å². The van der Waals surface area contributed by atoms with Crippen LogP contribution in [-0.2, 0) is 6.54 Å². The topological polar surface area (TPSA) is 94.9 Å². The van der Waals surface area contributed by atoms with Crippen molar-refractivity contribution >= 4 is 21.8 Å². The Bertz CT molecular complexity index is 1630. The fraction of sp³-hybridized carbons (Fsp3) is 0.172. The molecule has 6 rings (SSSR count). The lowest BCUT2D eigenvalue weighted by Gasteiger charge is -2.15. The maximum Gasteiger partial charge on any atom is 0.138 e. The van der Waals surface area contributed by atoms with E-state index in [1.54, 1.807) is 18.7 Å². The first kappa shape index (κ1) is 22.1. The fourth-order valence-electron chi connectivity index (χ4n) is 4.65. The maximum absolute atomic E-state index is 6.45. The fourth-order valence-corrected chi connectivity index (χ4v) is 4.65. The monoisotopic (exact) mass is 477 g/mol. The van der Waals surface area contributed by atoms with Crippen LogP contribution in [0.15, 0.2) is 90.0 Å². The van der Waals surface area contributed by atoms with E-state index in [0.29, 0.717) is 12.4 Å². The van der Waals surface area contributed by atoms with Crippen LogP contribution in [0.3, 0.4) is 0 Å². The highest BCUT2D eigenvalue weighted by Crippen LogP contribution is 2.35. The molecular weight excluding hydrogens is 450 g/mol. The molecule has 0 saturated heterocycles. The summed E-state index contributed by atoms with van der Waals surface area (Å²) in [6.45, 7) is 3.27. The third kappa shape index (κ3) is 4.25. The average Bonchev–Trinajstić information content (AvgIpc) is 3.65. The molecule has 1 atom stereocenters. The number of pyridine rings is 1. The van der Waals surface area contributed by atoms with Gasteiger partial charge in [-0.15, -0.1) is 0 Å². The van der Waals surface area contributed by atoms with Crippen LogP contribution in [0.1, 0.15) is 12.1 Å². The second kappa shape index (κ2) is 9.36. The number of aromatic nitrogens is 4. The second-order valence-corrected chi connectivity index (χ2v) is 9.08. The normalized spacial score (nSPS) is 12.4. The Hall–Kier alpha value is -4.36. The predicted molar refractivity (Wildman–Crippen MR) is 142 cm³/mol. The van der Waals surface area contributed by atoms with E-state index in [-0.39, 0.29) is 6.04 Å². The van der Waals surface area contributed by atoms with E-state index in [1.807, 2.05) is 25.1 Å². The third-order valence-corrected chi connectivity index (χ3v) is 6.58. The molecule has 0 unspecified atom stereocenters. The van der Waals surface area contributed by atoms with E-state index < -0.39 is 0 Å². The summed E-state index contributed by atoms with van der Waals surface area (Å²) < 4.78 is 13.6. The van der Waals surface area contributed by atoms with Crippen LogP contribution in [0.2, 0.25) is 0 Å². The van der Waals surface area contributed by atoms with Gasteiger partial charge in [0.05, 0.1) is 36.5 Å². The molecule has 0 aliphatic heterocycles. The first-order valence-corrected chi connectivity index (χ1v) is 12.1. The van der Waals surface area contributed by atoms with Crippen LogP contribution < -0.4 is 10.5 Å². The Balaban J connectivity index is 1.21. The molecule has 2 aromatic carbocycles. The van der Waals surface area contributed by atoms with Gasteiger partial charge in [-0.05, 0) is 60.7 Å². The van der Waals surface area contributed by atoms with Crippen molar-refractivity contribution in [3.05, 3.63) is 91.3 Å². The first-order chi connectivity index (χ1) is 17.7. The molecule has 4 heterocycles. The van der Waals surface area contributed by atoms with Crippen molar-refractivity contribution in [2.45, 2.75) is 25.9 Å². The molecule has 0 bridgehead atoms. The van der Waals surface area contributed by atoms with Crippen molar-refractivity contribution in [2.75, 3.05) is 6.61 Å². The number of para-hydroxylation sites is 1. The van der Waals surface area contributed by atoms with Crippen molar-refractivity contribution in [3.63, 3.8) is 0 Å². The van der Waals surface area contributed by atoms with Crippen LogP contribution in [-0.4, -0.2) is 32.4 Å². The highest BCUT2D eigenvalue weighted by Gasteiger charge is 2.14. The molecule has 0 radical (unpaired) electrons. The molecule has 36 heavy (non-hydrogen) atoms. The summed E-state index contributed by atoms with van der Waals surface area (Å²) in [5.74, 6) is 0.708. The molecule has 6 aromatic rings. The number of hydrogen-bond acceptors (Lipinski definition) is 5. The summed E-state index contributed by atoms with van der Waals surface area (Å²) in [6, 6.07) is 20.6. The SMILES string of the molecule is Cc1[nH]nc2ccc(-c3cc(OCC[C@H](N)Cn4ccc5ccccc54)cnc3-c3ccoc3)cc12. The van der Waals surface area contributed by atoms with Gasteiger partial charge in [0.25, 0.3) is 0 Å². The van der Waals surface area contributed by atoms with E-state index in [2.05, 4.69) is 63.4 Å². The Morgan fingerprint density at radius 2 is 2.00 bits per heavy atom. The number of nitrogens with two attached hydrogens (primary N) is 1. The number of nitrogens with one attached hydrogen (secondary N) is 1. The molecule has 0 aliphatic carbocycles. The molecular formula is C29H27N5O2. The number of ether oxygens (including phenoxy) is 1. The highest BCUT2D eigenvalue weighted by molar-refractivity contribution is 5.90. The summed E-state index contributed by atoms with van der Waals surface area (Å²) in [6.07, 6.45) is 7.95. The Labute approximate surface area is 208 Å². The summed E-state index contributed by atoms with van der Waals surface area (Å²) in [7, 11) is 0. The summed E-state index contributed by atoms with van der Waals surface area (Å²) >= 11 is 0. The number of fused-ring (bicyclic) bond motifs is 2. The van der Waals surface area contributed by atoms with Crippen molar-refractivity contribution in [2.24, 2.45) is 5.73 Å². The molecule has 0 saturated carbocycles. The zero-order valence-electron chi connectivity index (χ0n) is 20.0. The van der Waals surface area contributed by atoms with Gasteiger partial charge < -0.3 is 19.5 Å². The quantitative estimate of drug-likeness (QED) is 0.283. The number of aryl methyl sites for hydroxylation is 1. The van der Waals surface area contributed by atoms with Gasteiger partial charge in [-0.3, -0.25) is 10.1 Å². The largest absolute Gasteiger partial charge is 0.492 e. The third-order valence-electron chi connectivity index (χ3n) is 6.58. The van der Waals surface area contributed by atoms with E-state index in [1.165, 1.54) is 10.9 Å². The zero-order valence-corrected chi connectivity index (χ0v) is 20.0. The Kier molecular flexibility index (Phi) is 5.75. The number of benzene rings is 2. The predicted octanol–water partition coefficient (Wildman–Crippen LogP) is 5.94. The molecule has 180 valence electrons. The van der Waals surface area contributed by atoms with Crippen molar-refractivity contribution in [1.82, 2.24) is 19.7 Å². The molecule has 3 N–H and O–H groups in total. The van der Waals surface area contributed by atoms with E-state index in [4.69, 9.17) is 19.9 Å². The highest BCUT2D eigenvalue weighted by atomic mass is 16.5. The number of rotatable bonds is 8. The Morgan fingerprint density at radius 1 is 1.08 bits per heavy atom. The lowest BCUT2D eigenvalue weighted by Crippen LogP contribution is -2.28. The number of aromatic amines is 1. The lowest BCUT2D eigenvalue weighted by molar-refractivity contribution is 0.291. The molecule has 4 aromatic heterocycles. The van der Waals surface area contributed by atoms with E-state index in [0.717, 1.165) is 51.9 Å². The first-order valence-electron chi connectivity index (χ1n) is 12.1. The van der Waals surface area contributed by atoms with E-state index in [9.17, 15) is 0 Å². The van der Waals surface area contributed by atoms with Crippen LogP contribution >= 0.6 is 0 Å². The van der Waals surface area contributed by atoms with Gasteiger partial charge in [0.2, 0.25) is 0 Å². The second-order valence-electron chi connectivity index (χ2n) is 9.08. The minimum Gasteiger partial charge on any atom is -0.492 e. The van der Waals surface area contributed by atoms with Gasteiger partial charge in [0, 0.05) is 46.5 Å². The van der Waals surface area contributed by atoms with Gasteiger partial charge in [0.1, 0.15) is 5.75 Å². The average molecular weight is 478 g/mol. The van der Waals surface area contributed by atoms with Crippen LogP contribution in [0.5, 0.6) is 5.75 Å². The molecule has 0 amide bonds. The molecule has 7 heteroatoms. The van der Waals surface area contributed by atoms with Gasteiger partial charge >= 0.3 is 0 Å². The number of nitrogens with zero attached hydrogens (tertiary/aromatic N) is 3. The van der Waals surface area contributed by atoms with Crippen molar-refractivity contribution in [1.29, 1.82) is 0 Å². The molecule has 0 spiro atoms. The summed E-state index contributed by atoms with van der Waals surface area (Å²) in [4.78, 5) is 4.74. The van der Waals surface area contributed by atoms with Gasteiger partial charge in [-0.25, -0.2) is 0 Å². The van der Waals surface area contributed by atoms with Gasteiger partial charge in [-0.2, -0.15) is 5.10 Å². The number of furan rings is 1. The minimum absolute atomic E-state index is 0.0232. The zero-order chi connectivity index (χ0) is 24.5. The number of H-pyrrole nitrogens is 1.